The predicted octanol–water partition coefficient (Wildman–Crippen LogP) is 8.86. The highest BCUT2D eigenvalue weighted by Gasteiger charge is 2.22. The molecule has 0 aliphatic heterocycles. The van der Waals surface area contributed by atoms with Crippen molar-refractivity contribution in [1.29, 1.82) is 0 Å². The minimum Gasteiger partial charge on any atom is -0.462 e. The van der Waals surface area contributed by atoms with Gasteiger partial charge in [-0.25, -0.2) is 4.79 Å². The lowest BCUT2D eigenvalue weighted by Gasteiger charge is -2.27. The van der Waals surface area contributed by atoms with Crippen LogP contribution in [0.15, 0.2) is 22.4 Å². The zero-order valence-corrected chi connectivity index (χ0v) is 23.8. The molecule has 2 saturated carbocycles. The van der Waals surface area contributed by atoms with Gasteiger partial charge in [-0.1, -0.05) is 78.2 Å². The van der Waals surface area contributed by atoms with E-state index < -0.39 is 0 Å². The minimum atomic E-state index is -0.203. The Balaban J connectivity index is 1.47. The van der Waals surface area contributed by atoms with E-state index in [0.717, 1.165) is 45.3 Å². The Bertz CT molecular complexity index is 605. The fourth-order valence-corrected chi connectivity index (χ4v) is 5.26. The van der Waals surface area contributed by atoms with Gasteiger partial charge >= 0.3 is 5.97 Å². The van der Waals surface area contributed by atoms with Crippen LogP contribution in [0, 0.1) is 17.8 Å². The third kappa shape index (κ3) is 14.5. The van der Waals surface area contributed by atoms with E-state index >= 15 is 0 Å². The van der Waals surface area contributed by atoms with Crippen LogP contribution in [-0.4, -0.2) is 37.9 Å². The summed E-state index contributed by atoms with van der Waals surface area (Å²) in [6.45, 7) is 8.84. The number of hydrogen-bond acceptors (Lipinski definition) is 5. The lowest BCUT2D eigenvalue weighted by molar-refractivity contribution is -0.139. The maximum absolute atomic E-state index is 11.9. The molecule has 0 bridgehead atoms. The summed E-state index contributed by atoms with van der Waals surface area (Å²) >= 11 is 0. The highest BCUT2D eigenvalue weighted by molar-refractivity contribution is 5.81. The summed E-state index contributed by atoms with van der Waals surface area (Å²) in [5.41, 5.74) is 0. The first-order valence-electron chi connectivity index (χ1n) is 15.4. The first-order valence-corrected chi connectivity index (χ1v) is 15.4. The SMILES string of the molecule is CCCCCCCCCCOC1CCC(CN=NC2CCC(/C=C/C(=O)OCC(C)CC)CC2)CC1. The van der Waals surface area contributed by atoms with Crippen LogP contribution in [0.25, 0.3) is 0 Å². The van der Waals surface area contributed by atoms with E-state index in [1.807, 2.05) is 6.08 Å². The van der Waals surface area contributed by atoms with E-state index in [1.54, 1.807) is 6.08 Å². The second-order valence-corrected chi connectivity index (χ2v) is 11.5. The summed E-state index contributed by atoms with van der Waals surface area (Å²) in [6, 6.07) is 0.360. The molecule has 0 saturated heterocycles. The first kappa shape index (κ1) is 31.0. The number of allylic oxidation sites excluding steroid dienone is 1. The van der Waals surface area contributed by atoms with Crippen LogP contribution in [0.4, 0.5) is 0 Å². The highest BCUT2D eigenvalue weighted by Crippen LogP contribution is 2.29. The normalized spacial score (nSPS) is 26.0. The molecular weight excluding hydrogens is 448 g/mol. The van der Waals surface area contributed by atoms with E-state index in [0.29, 0.717) is 36.5 Å². The maximum atomic E-state index is 11.9. The van der Waals surface area contributed by atoms with Crippen molar-refractivity contribution in [3.05, 3.63) is 12.2 Å². The number of esters is 1. The van der Waals surface area contributed by atoms with E-state index in [1.165, 1.54) is 77.0 Å². The van der Waals surface area contributed by atoms with Crippen molar-refractivity contribution >= 4 is 5.97 Å². The summed E-state index contributed by atoms with van der Waals surface area (Å²) in [4.78, 5) is 11.9. The van der Waals surface area contributed by atoms with Crippen LogP contribution >= 0.6 is 0 Å². The lowest BCUT2D eigenvalue weighted by atomic mass is 9.86. The third-order valence-corrected chi connectivity index (χ3v) is 8.18. The van der Waals surface area contributed by atoms with E-state index in [-0.39, 0.29) is 5.97 Å². The number of azo groups is 1. The van der Waals surface area contributed by atoms with Crippen LogP contribution in [0.2, 0.25) is 0 Å². The maximum Gasteiger partial charge on any atom is 0.330 e. The van der Waals surface area contributed by atoms with Crippen LogP contribution in [0.1, 0.15) is 130 Å². The molecule has 2 aliphatic rings. The van der Waals surface area contributed by atoms with Gasteiger partial charge in [0.2, 0.25) is 0 Å². The van der Waals surface area contributed by atoms with Gasteiger partial charge in [-0.2, -0.15) is 10.2 Å². The van der Waals surface area contributed by atoms with E-state index in [4.69, 9.17) is 9.47 Å². The molecule has 2 fully saturated rings. The number of nitrogens with zero attached hydrogens (tertiary/aromatic N) is 2. The van der Waals surface area contributed by atoms with Crippen molar-refractivity contribution in [1.82, 2.24) is 0 Å². The summed E-state index contributed by atoms with van der Waals surface area (Å²) < 4.78 is 11.5. The molecule has 36 heavy (non-hydrogen) atoms. The second kappa shape index (κ2) is 19.8. The van der Waals surface area contributed by atoms with Crippen molar-refractivity contribution < 1.29 is 14.3 Å². The fraction of sp³-hybridized carbons (Fsp3) is 0.903. The van der Waals surface area contributed by atoms with Gasteiger partial charge in [-0.05, 0) is 75.5 Å². The Morgan fingerprint density at radius 2 is 1.56 bits per heavy atom. The Hall–Kier alpha value is -1.23. The standard InChI is InChI=1S/C31H56N2O3/c1-4-6-7-8-9-10-11-12-23-35-30-20-15-28(16-21-30)24-32-33-29-18-13-27(14-19-29)17-22-31(34)36-25-26(3)5-2/h17,22,26-30H,4-16,18-21,23-25H2,1-3H3/b22-17+,33-32?. The lowest BCUT2D eigenvalue weighted by Crippen LogP contribution is -2.23. The van der Waals surface area contributed by atoms with E-state index in [2.05, 4.69) is 31.0 Å². The van der Waals surface area contributed by atoms with Crippen molar-refractivity contribution in [2.75, 3.05) is 19.8 Å². The van der Waals surface area contributed by atoms with Crippen molar-refractivity contribution in [2.45, 2.75) is 142 Å². The largest absolute Gasteiger partial charge is 0.462 e. The van der Waals surface area contributed by atoms with Gasteiger partial charge in [0.1, 0.15) is 0 Å². The molecule has 2 rings (SSSR count). The monoisotopic (exact) mass is 504 g/mol. The zero-order chi connectivity index (χ0) is 25.8. The number of carbonyl (C=O) groups excluding carboxylic acids is 1. The zero-order valence-electron chi connectivity index (χ0n) is 23.8. The molecule has 0 aromatic heterocycles. The Morgan fingerprint density at radius 1 is 0.889 bits per heavy atom. The molecule has 1 atom stereocenters. The molecule has 0 radical (unpaired) electrons. The van der Waals surface area contributed by atoms with Gasteiger partial charge in [0.25, 0.3) is 0 Å². The van der Waals surface area contributed by atoms with Crippen LogP contribution in [0.3, 0.4) is 0 Å². The predicted molar refractivity (Wildman–Crippen MR) is 149 cm³/mol. The molecule has 5 heteroatoms. The average molecular weight is 505 g/mol. The number of rotatable bonds is 18. The number of unbranched alkanes of at least 4 members (excludes halogenated alkanes) is 7. The average Bonchev–Trinajstić information content (AvgIpc) is 2.91. The molecule has 0 N–H and O–H groups in total. The molecule has 0 aromatic carbocycles. The third-order valence-electron chi connectivity index (χ3n) is 8.18. The van der Waals surface area contributed by atoms with Gasteiger partial charge in [-0.15, -0.1) is 0 Å². The van der Waals surface area contributed by atoms with Gasteiger partial charge in [0, 0.05) is 12.7 Å². The number of hydrogen-bond donors (Lipinski definition) is 0. The first-order chi connectivity index (χ1) is 17.6. The van der Waals surface area contributed by atoms with Crippen LogP contribution in [-0.2, 0) is 14.3 Å². The van der Waals surface area contributed by atoms with Gasteiger partial charge in [0.05, 0.1) is 25.3 Å². The molecular formula is C31H56N2O3. The topological polar surface area (TPSA) is 60.2 Å². The van der Waals surface area contributed by atoms with Gasteiger partial charge in [-0.3, -0.25) is 0 Å². The Kier molecular flexibility index (Phi) is 17.1. The second-order valence-electron chi connectivity index (χ2n) is 11.5. The summed E-state index contributed by atoms with van der Waals surface area (Å²) in [7, 11) is 0. The number of ether oxygens (including phenoxy) is 2. The number of carbonyl (C=O) groups is 1. The Morgan fingerprint density at radius 3 is 2.22 bits per heavy atom. The molecule has 0 aromatic rings. The summed E-state index contributed by atoms with van der Waals surface area (Å²) in [5, 5.41) is 9.27. The molecule has 1 unspecified atom stereocenters. The molecule has 0 heterocycles. The highest BCUT2D eigenvalue weighted by atomic mass is 16.5. The molecule has 0 spiro atoms. The summed E-state index contributed by atoms with van der Waals surface area (Å²) in [6.07, 6.45) is 25.2. The van der Waals surface area contributed by atoms with Crippen molar-refractivity contribution in [3.63, 3.8) is 0 Å². The molecule has 5 nitrogen and oxygen atoms in total. The molecule has 2 aliphatic carbocycles. The Labute approximate surface area is 222 Å². The molecule has 0 amide bonds. The van der Waals surface area contributed by atoms with Crippen LogP contribution in [0.5, 0.6) is 0 Å². The van der Waals surface area contributed by atoms with Crippen molar-refractivity contribution in [2.24, 2.45) is 28.0 Å². The smallest absolute Gasteiger partial charge is 0.330 e. The molecule has 208 valence electrons. The van der Waals surface area contributed by atoms with E-state index in [9.17, 15) is 4.79 Å². The van der Waals surface area contributed by atoms with Gasteiger partial charge in [0.15, 0.2) is 0 Å². The van der Waals surface area contributed by atoms with Crippen molar-refractivity contribution in [3.8, 4) is 0 Å². The minimum absolute atomic E-state index is 0.203. The fourth-order valence-electron chi connectivity index (χ4n) is 5.26. The quantitative estimate of drug-likeness (QED) is 0.0810. The van der Waals surface area contributed by atoms with Crippen LogP contribution < -0.4 is 0 Å². The summed E-state index contributed by atoms with van der Waals surface area (Å²) in [5.74, 6) is 1.37. The van der Waals surface area contributed by atoms with Gasteiger partial charge < -0.3 is 9.47 Å².